The molecular formula is C19H26N2O3S. The molecule has 1 fully saturated rings. The van der Waals surface area contributed by atoms with Crippen molar-refractivity contribution in [2.45, 2.75) is 50.2 Å². The van der Waals surface area contributed by atoms with E-state index in [1.165, 1.54) is 56.7 Å². The first-order valence-electron chi connectivity index (χ1n) is 9.08. The van der Waals surface area contributed by atoms with Crippen molar-refractivity contribution in [3.8, 4) is 0 Å². The molecule has 5 nitrogen and oxygen atoms in total. The lowest BCUT2D eigenvalue weighted by Crippen LogP contribution is -2.38. The molecule has 2 aliphatic rings. The van der Waals surface area contributed by atoms with Gasteiger partial charge < -0.3 is 4.74 Å². The third kappa shape index (κ3) is 4.48. The number of ether oxygens (including phenoxy) is 1. The molecule has 6 heteroatoms. The fraction of sp³-hybridized carbons (Fsp3) is 0.579. The summed E-state index contributed by atoms with van der Waals surface area (Å²) in [6.07, 6.45) is 7.74. The van der Waals surface area contributed by atoms with Crippen molar-refractivity contribution in [1.82, 2.24) is 4.72 Å². The lowest BCUT2D eigenvalue weighted by Gasteiger charge is -2.25. The fourth-order valence-electron chi connectivity index (χ4n) is 3.78. The lowest BCUT2D eigenvalue weighted by atomic mass is 9.86. The Kier molecular flexibility index (Phi) is 6.24. The standard InChI is InChI=1S/C19H26N2O3S/c1-24-18(22)17(13-14-7-3-2-4-8-14)25-20-19(23)21-12-11-15-9-5-6-10-16(15)21/h5-6,9-10,14,17H,2-4,7-8,11-13H2,1H3,(H,20,23)/t17-/m0/s1. The third-order valence-corrected chi connectivity index (χ3v) is 6.12. The Labute approximate surface area is 153 Å². The summed E-state index contributed by atoms with van der Waals surface area (Å²) in [6, 6.07) is 7.79. The van der Waals surface area contributed by atoms with Crippen LogP contribution in [-0.4, -0.2) is 30.9 Å². The molecule has 1 heterocycles. The Morgan fingerprint density at radius 1 is 1.28 bits per heavy atom. The SMILES string of the molecule is COC(=O)[C@H](CC1CCCCC1)SNC(=O)N1CCc2ccccc21. The molecule has 0 saturated heterocycles. The molecule has 1 aliphatic heterocycles. The number of benzene rings is 1. The highest BCUT2D eigenvalue weighted by Crippen LogP contribution is 2.31. The van der Waals surface area contributed by atoms with Crippen LogP contribution in [0.5, 0.6) is 0 Å². The van der Waals surface area contributed by atoms with Crippen LogP contribution in [0.2, 0.25) is 0 Å². The van der Waals surface area contributed by atoms with Gasteiger partial charge in [-0.25, -0.2) is 4.79 Å². The molecule has 0 radical (unpaired) electrons. The highest BCUT2D eigenvalue weighted by Gasteiger charge is 2.29. The highest BCUT2D eigenvalue weighted by molar-refractivity contribution is 7.99. The van der Waals surface area contributed by atoms with Crippen LogP contribution < -0.4 is 9.62 Å². The summed E-state index contributed by atoms with van der Waals surface area (Å²) in [5.41, 5.74) is 2.15. The van der Waals surface area contributed by atoms with Gasteiger partial charge in [0.15, 0.2) is 0 Å². The molecule has 1 aliphatic carbocycles. The number of carbonyl (C=O) groups is 2. The minimum absolute atomic E-state index is 0.160. The molecule has 0 spiro atoms. The summed E-state index contributed by atoms with van der Waals surface area (Å²) in [5, 5.41) is -0.338. The first-order chi connectivity index (χ1) is 12.2. The number of hydrogen-bond acceptors (Lipinski definition) is 4. The molecule has 2 amide bonds. The van der Waals surface area contributed by atoms with Gasteiger partial charge >= 0.3 is 12.0 Å². The Morgan fingerprint density at radius 2 is 2.04 bits per heavy atom. The van der Waals surface area contributed by atoms with Crippen LogP contribution in [0.15, 0.2) is 24.3 Å². The number of nitrogens with zero attached hydrogens (tertiary/aromatic N) is 1. The first-order valence-corrected chi connectivity index (χ1v) is 9.96. The number of para-hydroxylation sites is 1. The van der Waals surface area contributed by atoms with Crippen LogP contribution in [0.4, 0.5) is 10.5 Å². The van der Waals surface area contributed by atoms with Gasteiger partial charge in [-0.15, -0.1) is 0 Å². The molecule has 136 valence electrons. The van der Waals surface area contributed by atoms with E-state index >= 15 is 0 Å². The molecule has 1 atom stereocenters. The van der Waals surface area contributed by atoms with Gasteiger partial charge in [0, 0.05) is 12.2 Å². The Morgan fingerprint density at radius 3 is 2.80 bits per heavy atom. The Balaban J connectivity index is 1.57. The normalized spacial score (nSPS) is 18.5. The van der Waals surface area contributed by atoms with Crippen molar-refractivity contribution in [3.05, 3.63) is 29.8 Å². The average Bonchev–Trinajstić information content (AvgIpc) is 3.09. The zero-order valence-corrected chi connectivity index (χ0v) is 15.5. The maximum Gasteiger partial charge on any atom is 0.331 e. The molecule has 25 heavy (non-hydrogen) atoms. The number of nitrogens with one attached hydrogen (secondary N) is 1. The molecule has 1 N–H and O–H groups in total. The van der Waals surface area contributed by atoms with Crippen molar-refractivity contribution in [2.75, 3.05) is 18.6 Å². The molecule has 1 aromatic carbocycles. The second kappa shape index (κ2) is 8.61. The van der Waals surface area contributed by atoms with Gasteiger partial charge in [0.1, 0.15) is 5.25 Å². The monoisotopic (exact) mass is 362 g/mol. The molecule has 1 aromatic rings. The van der Waals surface area contributed by atoms with Crippen LogP contribution in [0.3, 0.4) is 0 Å². The van der Waals surface area contributed by atoms with E-state index in [0.29, 0.717) is 12.5 Å². The number of rotatable bonds is 5. The summed E-state index contributed by atoms with van der Waals surface area (Å²) in [7, 11) is 1.41. The summed E-state index contributed by atoms with van der Waals surface area (Å²) in [4.78, 5) is 26.4. The van der Waals surface area contributed by atoms with Crippen LogP contribution in [0, 0.1) is 5.92 Å². The second-order valence-electron chi connectivity index (χ2n) is 6.81. The summed E-state index contributed by atoms with van der Waals surface area (Å²) < 4.78 is 7.82. The first kappa shape index (κ1) is 18.1. The third-order valence-electron chi connectivity index (χ3n) is 5.16. The smallest absolute Gasteiger partial charge is 0.331 e. The second-order valence-corrected chi connectivity index (χ2v) is 7.82. The van der Waals surface area contributed by atoms with E-state index in [1.54, 1.807) is 4.90 Å². The number of methoxy groups -OCH3 is 1. The lowest BCUT2D eigenvalue weighted by molar-refractivity contribution is -0.140. The minimum Gasteiger partial charge on any atom is -0.468 e. The number of amides is 2. The van der Waals surface area contributed by atoms with Gasteiger partial charge in [-0.2, -0.15) is 0 Å². The van der Waals surface area contributed by atoms with Gasteiger partial charge in [0.2, 0.25) is 0 Å². The minimum atomic E-state index is -0.338. The van der Waals surface area contributed by atoms with Crippen LogP contribution in [-0.2, 0) is 16.0 Å². The van der Waals surface area contributed by atoms with Gasteiger partial charge in [0.25, 0.3) is 0 Å². The van der Waals surface area contributed by atoms with E-state index in [2.05, 4.69) is 10.8 Å². The van der Waals surface area contributed by atoms with E-state index < -0.39 is 0 Å². The van der Waals surface area contributed by atoms with E-state index in [0.717, 1.165) is 18.5 Å². The van der Waals surface area contributed by atoms with Crippen molar-refractivity contribution < 1.29 is 14.3 Å². The van der Waals surface area contributed by atoms with Crippen molar-refractivity contribution in [3.63, 3.8) is 0 Å². The van der Waals surface area contributed by atoms with Crippen molar-refractivity contribution >= 4 is 29.6 Å². The molecule has 0 aromatic heterocycles. The van der Waals surface area contributed by atoms with Crippen LogP contribution in [0.1, 0.15) is 44.1 Å². The zero-order chi connectivity index (χ0) is 17.6. The number of fused-ring (bicyclic) bond motifs is 1. The van der Waals surface area contributed by atoms with E-state index in [-0.39, 0.29) is 17.3 Å². The van der Waals surface area contributed by atoms with Crippen molar-refractivity contribution in [1.29, 1.82) is 0 Å². The predicted molar refractivity (Wildman–Crippen MR) is 101 cm³/mol. The highest BCUT2D eigenvalue weighted by atomic mass is 32.2. The molecule has 1 saturated carbocycles. The van der Waals surface area contributed by atoms with Gasteiger partial charge in [0.05, 0.1) is 7.11 Å². The maximum atomic E-state index is 12.6. The quantitative estimate of drug-likeness (QED) is 0.637. The summed E-state index contributed by atoms with van der Waals surface area (Å²) in [6.45, 7) is 0.678. The average molecular weight is 362 g/mol. The summed E-state index contributed by atoms with van der Waals surface area (Å²) in [5.74, 6) is 0.299. The number of esters is 1. The van der Waals surface area contributed by atoms with Crippen molar-refractivity contribution in [2.24, 2.45) is 5.92 Å². The molecule has 0 unspecified atom stereocenters. The zero-order valence-electron chi connectivity index (χ0n) is 14.7. The topological polar surface area (TPSA) is 58.6 Å². The number of carbonyl (C=O) groups excluding carboxylic acids is 2. The number of urea groups is 1. The van der Waals surface area contributed by atoms with E-state index in [1.807, 2.05) is 18.2 Å². The van der Waals surface area contributed by atoms with E-state index in [4.69, 9.17) is 4.74 Å². The Hall–Kier alpha value is -1.69. The van der Waals surface area contributed by atoms with Gasteiger partial charge in [-0.3, -0.25) is 14.4 Å². The molecule has 0 bridgehead atoms. The van der Waals surface area contributed by atoms with E-state index in [9.17, 15) is 9.59 Å². The largest absolute Gasteiger partial charge is 0.468 e. The number of anilines is 1. The predicted octanol–water partition coefficient (Wildman–Crippen LogP) is 3.92. The van der Waals surface area contributed by atoms with Gasteiger partial charge in [-0.1, -0.05) is 50.3 Å². The number of hydrogen-bond donors (Lipinski definition) is 1. The maximum absolute atomic E-state index is 12.6. The fourth-order valence-corrected chi connectivity index (χ4v) is 4.69. The van der Waals surface area contributed by atoms with Crippen LogP contribution >= 0.6 is 11.9 Å². The Bertz CT molecular complexity index is 616. The summed E-state index contributed by atoms with van der Waals surface area (Å²) >= 11 is 1.20. The molecule has 3 rings (SSSR count). The van der Waals surface area contributed by atoms with Gasteiger partial charge in [-0.05, 0) is 42.3 Å². The molecular weight excluding hydrogens is 336 g/mol. The van der Waals surface area contributed by atoms with Crippen LogP contribution in [0.25, 0.3) is 0 Å².